The Morgan fingerprint density at radius 2 is 0.742 bits per heavy atom. The Balaban J connectivity index is 1.06. The largest absolute Gasteiger partial charge is 0.309 e. The molecule has 288 valence electrons. The Kier molecular flexibility index (Phi) is 7.54. The summed E-state index contributed by atoms with van der Waals surface area (Å²) >= 11 is 0. The van der Waals surface area contributed by atoms with Gasteiger partial charge < -0.3 is 9.13 Å². The smallest absolute Gasteiger partial charge is 0.164 e. The molecule has 0 saturated carbocycles. The van der Waals surface area contributed by atoms with Crippen LogP contribution in [-0.4, -0.2) is 24.1 Å². The van der Waals surface area contributed by atoms with E-state index < -0.39 is 0 Å². The van der Waals surface area contributed by atoms with Gasteiger partial charge in [-0.05, 0) is 87.6 Å². The highest BCUT2D eigenvalue weighted by atomic mass is 15.0. The summed E-state index contributed by atoms with van der Waals surface area (Å²) in [4.78, 5) is 15.3. The number of para-hydroxylation sites is 1. The molecule has 0 fully saturated rings. The molecule has 0 unspecified atom stereocenters. The molecular weight excluding hydrogens is 755 g/mol. The second kappa shape index (κ2) is 13.6. The van der Waals surface area contributed by atoms with Gasteiger partial charge in [0, 0.05) is 49.3 Å². The number of aromatic nitrogens is 5. The molecule has 13 rings (SSSR count). The SMILES string of the molecule is c1ccc(-c2nc(-c3ccccc3)nc(-c3ccc(-n4c5ccc(-n6c7ccccc7c7cc8ccccc8cc76)cc5c5cc6ccccc6cc54)c4ccccc34)n2)cc1. The Bertz CT molecular complexity index is 3860. The van der Waals surface area contributed by atoms with Gasteiger partial charge in [0.05, 0.1) is 27.8 Å². The average Bonchev–Trinajstić information content (AvgIpc) is 3.83. The van der Waals surface area contributed by atoms with Gasteiger partial charge in [-0.25, -0.2) is 15.0 Å². The lowest BCUT2D eigenvalue weighted by Crippen LogP contribution is -2.01. The van der Waals surface area contributed by atoms with Crippen LogP contribution in [0.2, 0.25) is 0 Å². The molecule has 0 amide bonds. The fourth-order valence-electron chi connectivity index (χ4n) is 9.63. The molecule has 0 bridgehead atoms. The molecule has 0 atom stereocenters. The third kappa shape index (κ3) is 5.32. The molecule has 0 spiro atoms. The molecule has 0 aliphatic rings. The van der Waals surface area contributed by atoms with E-state index in [9.17, 15) is 0 Å². The van der Waals surface area contributed by atoms with Gasteiger partial charge in [0.25, 0.3) is 0 Å². The topological polar surface area (TPSA) is 48.5 Å². The minimum Gasteiger partial charge on any atom is -0.309 e. The quantitative estimate of drug-likeness (QED) is 0.174. The van der Waals surface area contributed by atoms with Crippen molar-refractivity contribution < 1.29 is 0 Å². The van der Waals surface area contributed by atoms with Crippen molar-refractivity contribution in [2.75, 3.05) is 0 Å². The molecule has 62 heavy (non-hydrogen) atoms. The van der Waals surface area contributed by atoms with Gasteiger partial charge in [-0.3, -0.25) is 0 Å². The highest BCUT2D eigenvalue weighted by Crippen LogP contribution is 2.42. The van der Waals surface area contributed by atoms with Crippen molar-refractivity contribution in [1.29, 1.82) is 0 Å². The minimum absolute atomic E-state index is 0.636. The normalized spacial score (nSPS) is 11.9. The van der Waals surface area contributed by atoms with Crippen molar-refractivity contribution in [3.8, 4) is 45.5 Å². The second-order valence-corrected chi connectivity index (χ2v) is 16.0. The lowest BCUT2D eigenvalue weighted by Gasteiger charge is -2.15. The van der Waals surface area contributed by atoms with E-state index in [4.69, 9.17) is 15.0 Å². The molecular formula is C57H35N5. The van der Waals surface area contributed by atoms with Gasteiger partial charge >= 0.3 is 0 Å². The van der Waals surface area contributed by atoms with Gasteiger partial charge in [-0.1, -0.05) is 152 Å². The highest BCUT2D eigenvalue weighted by Gasteiger charge is 2.21. The van der Waals surface area contributed by atoms with Crippen LogP contribution >= 0.6 is 0 Å². The molecule has 5 nitrogen and oxygen atoms in total. The van der Waals surface area contributed by atoms with Gasteiger partial charge in [0.1, 0.15) is 0 Å². The van der Waals surface area contributed by atoms with Crippen molar-refractivity contribution >= 4 is 75.9 Å². The van der Waals surface area contributed by atoms with Gasteiger partial charge in [0.2, 0.25) is 0 Å². The van der Waals surface area contributed by atoms with E-state index in [0.29, 0.717) is 17.5 Å². The maximum atomic E-state index is 5.14. The van der Waals surface area contributed by atoms with Crippen LogP contribution in [0.25, 0.3) is 121 Å². The maximum absolute atomic E-state index is 5.14. The first-order chi connectivity index (χ1) is 30.7. The first-order valence-corrected chi connectivity index (χ1v) is 21.0. The van der Waals surface area contributed by atoms with Crippen molar-refractivity contribution in [3.05, 3.63) is 212 Å². The molecule has 0 aliphatic carbocycles. The summed E-state index contributed by atoms with van der Waals surface area (Å²) < 4.78 is 4.89. The zero-order valence-corrected chi connectivity index (χ0v) is 33.4. The average molecular weight is 790 g/mol. The molecule has 10 aromatic carbocycles. The van der Waals surface area contributed by atoms with E-state index in [-0.39, 0.29) is 0 Å². The summed E-state index contributed by atoms with van der Waals surface area (Å²) in [7, 11) is 0. The predicted octanol–water partition coefficient (Wildman–Crippen LogP) is 14.5. The summed E-state index contributed by atoms with van der Waals surface area (Å²) in [5, 5.41) is 12.0. The van der Waals surface area contributed by atoms with Crippen LogP contribution in [0, 0.1) is 0 Å². The van der Waals surface area contributed by atoms with Crippen LogP contribution in [0.15, 0.2) is 212 Å². The Morgan fingerprint density at radius 3 is 1.39 bits per heavy atom. The van der Waals surface area contributed by atoms with Crippen molar-refractivity contribution in [2.45, 2.75) is 0 Å². The molecule has 3 heterocycles. The Hall–Kier alpha value is -8.41. The van der Waals surface area contributed by atoms with Crippen LogP contribution in [0.5, 0.6) is 0 Å². The standard InChI is InChI=1S/C57H35N5/c1-3-15-36(16-4-1)55-58-56(37-17-5-2-6-18-37)60-57(59-55)46-28-30-51(44-24-12-11-23-43(44)46)62-52-29-27-42(35-49(52)48-32-39-20-8-10-22-41(39)34-54(48)62)61-50-26-14-13-25-45(50)47-31-38-19-7-9-21-40(38)33-53(47)61/h1-35H. The summed E-state index contributed by atoms with van der Waals surface area (Å²) in [5.41, 5.74) is 9.75. The van der Waals surface area contributed by atoms with Crippen molar-refractivity contribution in [1.82, 2.24) is 24.1 Å². The molecule has 0 saturated heterocycles. The lowest BCUT2D eigenvalue weighted by molar-refractivity contribution is 1.08. The van der Waals surface area contributed by atoms with Crippen LogP contribution in [0.3, 0.4) is 0 Å². The van der Waals surface area contributed by atoms with Gasteiger partial charge in [-0.15, -0.1) is 0 Å². The lowest BCUT2D eigenvalue weighted by atomic mass is 10.0. The van der Waals surface area contributed by atoms with Crippen LogP contribution in [0.4, 0.5) is 0 Å². The van der Waals surface area contributed by atoms with Crippen LogP contribution < -0.4 is 0 Å². The van der Waals surface area contributed by atoms with E-state index in [2.05, 4.69) is 185 Å². The Labute approximate surface area is 356 Å². The molecule has 13 aromatic rings. The summed E-state index contributed by atoms with van der Waals surface area (Å²) in [6.07, 6.45) is 0. The minimum atomic E-state index is 0.636. The molecule has 0 radical (unpaired) electrons. The summed E-state index contributed by atoms with van der Waals surface area (Å²) in [6.45, 7) is 0. The number of benzene rings is 10. The van der Waals surface area contributed by atoms with Gasteiger partial charge in [0.15, 0.2) is 17.5 Å². The van der Waals surface area contributed by atoms with E-state index in [1.54, 1.807) is 0 Å². The zero-order chi connectivity index (χ0) is 40.7. The first-order valence-electron chi connectivity index (χ1n) is 21.0. The number of hydrogen-bond acceptors (Lipinski definition) is 3. The van der Waals surface area contributed by atoms with Crippen molar-refractivity contribution in [2.24, 2.45) is 0 Å². The zero-order valence-electron chi connectivity index (χ0n) is 33.4. The predicted molar refractivity (Wildman–Crippen MR) is 257 cm³/mol. The molecule has 3 aromatic heterocycles. The van der Waals surface area contributed by atoms with E-state index in [0.717, 1.165) is 49.9 Å². The van der Waals surface area contributed by atoms with E-state index in [1.165, 1.54) is 54.1 Å². The van der Waals surface area contributed by atoms with Gasteiger partial charge in [-0.2, -0.15) is 0 Å². The number of hydrogen-bond donors (Lipinski definition) is 0. The number of fused-ring (bicyclic) bond motifs is 9. The van der Waals surface area contributed by atoms with Crippen LogP contribution in [0.1, 0.15) is 0 Å². The molecule has 5 heteroatoms. The third-order valence-electron chi connectivity index (χ3n) is 12.5. The highest BCUT2D eigenvalue weighted by molar-refractivity contribution is 6.17. The molecule has 0 N–H and O–H groups in total. The van der Waals surface area contributed by atoms with Crippen molar-refractivity contribution in [3.63, 3.8) is 0 Å². The number of nitrogens with zero attached hydrogens (tertiary/aromatic N) is 5. The maximum Gasteiger partial charge on any atom is 0.164 e. The second-order valence-electron chi connectivity index (χ2n) is 16.0. The third-order valence-corrected chi connectivity index (χ3v) is 12.5. The van der Waals surface area contributed by atoms with Crippen LogP contribution in [-0.2, 0) is 0 Å². The first kappa shape index (κ1) is 34.5. The summed E-state index contributed by atoms with van der Waals surface area (Å²) in [5.74, 6) is 1.92. The fraction of sp³-hybridized carbons (Fsp3) is 0. The summed E-state index contributed by atoms with van der Waals surface area (Å²) in [6, 6.07) is 75.9. The van der Waals surface area contributed by atoms with E-state index >= 15 is 0 Å². The van der Waals surface area contributed by atoms with E-state index in [1.807, 2.05) is 36.4 Å². The molecule has 0 aliphatic heterocycles. The number of rotatable bonds is 5. The monoisotopic (exact) mass is 789 g/mol. The fourth-order valence-corrected chi connectivity index (χ4v) is 9.63. The Morgan fingerprint density at radius 1 is 0.274 bits per heavy atom.